The van der Waals surface area contributed by atoms with Crippen molar-refractivity contribution >= 4 is 5.91 Å². The third kappa shape index (κ3) is 4.44. The van der Waals surface area contributed by atoms with Gasteiger partial charge in [0.05, 0.1) is 11.4 Å². The number of carbonyl (C=O) groups is 1. The lowest BCUT2D eigenvalue weighted by molar-refractivity contribution is 0.0596. The van der Waals surface area contributed by atoms with Gasteiger partial charge in [-0.1, -0.05) is 30.3 Å². The molecule has 0 N–H and O–H groups in total. The van der Waals surface area contributed by atoms with Gasteiger partial charge in [-0.15, -0.1) is 0 Å². The van der Waals surface area contributed by atoms with Gasteiger partial charge in [0.25, 0.3) is 5.91 Å². The Morgan fingerprint density at radius 2 is 1.91 bits per heavy atom. The van der Waals surface area contributed by atoms with Crippen LogP contribution in [0.15, 0.2) is 71.3 Å². The minimum atomic E-state index is -0.326. The highest BCUT2D eigenvalue weighted by atomic mass is 19.1. The molecule has 1 fully saturated rings. The van der Waals surface area contributed by atoms with Crippen LogP contribution in [0, 0.1) is 12.7 Å². The number of rotatable bonds is 5. The van der Waals surface area contributed by atoms with Crippen LogP contribution in [0.2, 0.25) is 0 Å². The number of benzene rings is 2. The maximum Gasteiger partial charge on any atom is 0.272 e. The van der Waals surface area contributed by atoms with Crippen LogP contribution in [0.25, 0.3) is 16.9 Å². The van der Waals surface area contributed by atoms with E-state index in [1.54, 1.807) is 29.1 Å². The molecular weight excluding hydrogens is 419 g/mol. The van der Waals surface area contributed by atoms with Crippen molar-refractivity contribution in [3.05, 3.63) is 90.0 Å². The molecule has 2 aromatic carbocycles. The zero-order valence-electron chi connectivity index (χ0n) is 18.4. The Balaban J connectivity index is 1.39. The van der Waals surface area contributed by atoms with Crippen molar-refractivity contribution in [1.82, 2.24) is 19.7 Å². The first-order valence-corrected chi connectivity index (χ1v) is 11.2. The summed E-state index contributed by atoms with van der Waals surface area (Å²) < 4.78 is 20.8. The summed E-state index contributed by atoms with van der Waals surface area (Å²) in [4.78, 5) is 20.2. The summed E-state index contributed by atoms with van der Waals surface area (Å²) in [5.41, 5.74) is 3.66. The lowest BCUT2D eigenvalue weighted by Gasteiger charge is -2.35. The van der Waals surface area contributed by atoms with Gasteiger partial charge in [-0.25, -0.2) is 14.1 Å². The number of nitrogens with zero attached hydrogens (tertiary/aromatic N) is 4. The topological polar surface area (TPSA) is 64.2 Å². The van der Waals surface area contributed by atoms with Crippen LogP contribution in [-0.4, -0.2) is 38.2 Å². The molecule has 1 unspecified atom stereocenters. The fraction of sp³-hybridized carbons (Fsp3) is 0.269. The molecule has 3 heterocycles. The second kappa shape index (κ2) is 9.02. The Bertz CT molecular complexity index is 1250. The number of oxazole rings is 1. The van der Waals surface area contributed by atoms with Crippen LogP contribution in [0.3, 0.4) is 0 Å². The second-order valence-electron chi connectivity index (χ2n) is 8.40. The number of aromatic nitrogens is 3. The van der Waals surface area contributed by atoms with Crippen molar-refractivity contribution in [2.24, 2.45) is 0 Å². The van der Waals surface area contributed by atoms with Crippen molar-refractivity contribution in [3.8, 4) is 16.9 Å². The van der Waals surface area contributed by atoms with Crippen molar-refractivity contribution in [1.29, 1.82) is 0 Å². The van der Waals surface area contributed by atoms with E-state index in [9.17, 15) is 9.18 Å². The van der Waals surface area contributed by atoms with Crippen LogP contribution in [0.1, 0.15) is 41.3 Å². The number of likely N-dealkylation sites (tertiary alicyclic amines) is 1. The summed E-state index contributed by atoms with van der Waals surface area (Å²) in [6.07, 6.45) is 5.12. The third-order valence-corrected chi connectivity index (χ3v) is 6.04. The normalized spacial score (nSPS) is 16.2. The average Bonchev–Trinajstić information content (AvgIpc) is 3.47. The van der Waals surface area contributed by atoms with Gasteiger partial charge in [0.2, 0.25) is 0 Å². The Labute approximate surface area is 191 Å². The van der Waals surface area contributed by atoms with Gasteiger partial charge in [-0.05, 0) is 56.5 Å². The largest absolute Gasteiger partial charge is 0.448 e. The zero-order valence-corrected chi connectivity index (χ0v) is 18.4. The summed E-state index contributed by atoms with van der Waals surface area (Å²) in [6, 6.07) is 17.7. The fourth-order valence-electron chi connectivity index (χ4n) is 4.41. The molecule has 0 spiro atoms. The van der Waals surface area contributed by atoms with E-state index in [2.05, 4.69) is 10.1 Å². The first-order chi connectivity index (χ1) is 16.1. The van der Waals surface area contributed by atoms with E-state index in [1.165, 1.54) is 12.1 Å². The summed E-state index contributed by atoms with van der Waals surface area (Å²) in [5, 5.41) is 4.49. The minimum absolute atomic E-state index is 0.00889. The molecule has 1 atom stereocenters. The highest BCUT2D eigenvalue weighted by molar-refractivity contribution is 5.93. The molecule has 4 aromatic rings. The number of halogens is 1. The van der Waals surface area contributed by atoms with Gasteiger partial charge >= 0.3 is 0 Å². The molecule has 2 aromatic heterocycles. The highest BCUT2D eigenvalue weighted by Gasteiger charge is 2.31. The van der Waals surface area contributed by atoms with Crippen molar-refractivity contribution in [2.75, 3.05) is 6.54 Å². The number of carbonyl (C=O) groups excluding carboxylic acids is 1. The zero-order chi connectivity index (χ0) is 22.8. The first-order valence-electron chi connectivity index (χ1n) is 11.2. The van der Waals surface area contributed by atoms with Crippen LogP contribution in [0.4, 0.5) is 4.39 Å². The highest BCUT2D eigenvalue weighted by Crippen LogP contribution is 2.26. The molecule has 0 saturated carbocycles. The average molecular weight is 445 g/mol. The Morgan fingerprint density at radius 3 is 2.70 bits per heavy atom. The van der Waals surface area contributed by atoms with Crippen LogP contribution in [-0.2, 0) is 6.42 Å². The number of amides is 1. The second-order valence-corrected chi connectivity index (χ2v) is 8.40. The van der Waals surface area contributed by atoms with Crippen LogP contribution >= 0.6 is 0 Å². The van der Waals surface area contributed by atoms with Gasteiger partial charge in [-0.2, -0.15) is 5.10 Å². The Morgan fingerprint density at radius 1 is 1.12 bits per heavy atom. The molecule has 0 aliphatic carbocycles. The van der Waals surface area contributed by atoms with Crippen molar-refractivity contribution in [3.63, 3.8) is 0 Å². The minimum Gasteiger partial charge on any atom is -0.448 e. The molecule has 1 amide bonds. The number of aryl methyl sites for hydroxylation is 1. The third-order valence-electron chi connectivity index (χ3n) is 6.04. The predicted octanol–water partition coefficient (Wildman–Crippen LogP) is 5.21. The number of piperidine rings is 1. The molecule has 168 valence electrons. The van der Waals surface area contributed by atoms with Crippen LogP contribution < -0.4 is 0 Å². The molecule has 0 radical (unpaired) electrons. The standard InChI is InChI=1S/C26H25FN4O2/c1-18-15-24(31(29-18)21-12-10-20(27)11-13-21)26(32)30-14-6-5-9-22(30)16-25-28-23(17-33-25)19-7-3-2-4-8-19/h2-4,7-8,10-13,15,17,22H,5-6,9,14,16H2,1H3. The summed E-state index contributed by atoms with van der Waals surface area (Å²) in [7, 11) is 0. The van der Waals surface area contributed by atoms with E-state index in [0.717, 1.165) is 36.2 Å². The quantitative estimate of drug-likeness (QED) is 0.424. The number of hydrogen-bond donors (Lipinski definition) is 0. The van der Waals surface area contributed by atoms with Gasteiger partial charge in [0.1, 0.15) is 23.5 Å². The van der Waals surface area contributed by atoms with Gasteiger partial charge < -0.3 is 9.32 Å². The predicted molar refractivity (Wildman–Crippen MR) is 123 cm³/mol. The molecule has 1 aliphatic rings. The number of hydrogen-bond acceptors (Lipinski definition) is 4. The molecule has 1 saturated heterocycles. The van der Waals surface area contributed by atoms with E-state index >= 15 is 0 Å². The lowest BCUT2D eigenvalue weighted by atomic mass is 9.98. The van der Waals surface area contributed by atoms with E-state index in [-0.39, 0.29) is 17.8 Å². The van der Waals surface area contributed by atoms with Crippen LogP contribution in [0.5, 0.6) is 0 Å². The van der Waals surface area contributed by atoms with E-state index < -0.39 is 0 Å². The molecule has 0 bridgehead atoms. The molecule has 33 heavy (non-hydrogen) atoms. The molecule has 5 rings (SSSR count). The fourth-order valence-corrected chi connectivity index (χ4v) is 4.41. The van der Waals surface area contributed by atoms with E-state index in [0.29, 0.717) is 30.2 Å². The summed E-state index contributed by atoms with van der Waals surface area (Å²) in [5.74, 6) is 0.216. The van der Waals surface area contributed by atoms with E-state index in [1.807, 2.05) is 42.2 Å². The van der Waals surface area contributed by atoms with Gasteiger partial charge in [0.15, 0.2) is 5.89 Å². The van der Waals surface area contributed by atoms with Gasteiger partial charge in [-0.3, -0.25) is 4.79 Å². The maximum absolute atomic E-state index is 13.6. The Kier molecular flexibility index (Phi) is 5.77. The Hall–Kier alpha value is -3.74. The van der Waals surface area contributed by atoms with E-state index in [4.69, 9.17) is 4.42 Å². The summed E-state index contributed by atoms with van der Waals surface area (Å²) in [6.45, 7) is 2.52. The smallest absolute Gasteiger partial charge is 0.272 e. The van der Waals surface area contributed by atoms with Crippen molar-refractivity contribution in [2.45, 2.75) is 38.6 Å². The SMILES string of the molecule is Cc1cc(C(=O)N2CCCCC2Cc2nc(-c3ccccc3)co2)n(-c2ccc(F)cc2)n1. The lowest BCUT2D eigenvalue weighted by Crippen LogP contribution is -2.45. The monoisotopic (exact) mass is 444 g/mol. The van der Waals surface area contributed by atoms with Gasteiger partial charge in [0, 0.05) is 24.6 Å². The summed E-state index contributed by atoms with van der Waals surface area (Å²) >= 11 is 0. The maximum atomic E-state index is 13.6. The molecular formula is C26H25FN4O2. The molecule has 7 heteroatoms. The molecule has 6 nitrogen and oxygen atoms in total. The first kappa shape index (κ1) is 21.1. The molecule has 1 aliphatic heterocycles. The van der Waals surface area contributed by atoms with Crippen molar-refractivity contribution < 1.29 is 13.6 Å².